The first-order valence-corrected chi connectivity index (χ1v) is 9.91. The minimum atomic E-state index is 0.652. The van der Waals surface area contributed by atoms with Crippen molar-refractivity contribution in [2.24, 2.45) is 5.92 Å². The van der Waals surface area contributed by atoms with Crippen LogP contribution in [0.3, 0.4) is 0 Å². The molecule has 0 aliphatic carbocycles. The molecule has 1 aromatic carbocycles. The van der Waals surface area contributed by atoms with Gasteiger partial charge in [0.05, 0.1) is 11.9 Å². The summed E-state index contributed by atoms with van der Waals surface area (Å²) in [5.41, 5.74) is 2.29. The minimum absolute atomic E-state index is 0.652. The van der Waals surface area contributed by atoms with Crippen LogP contribution < -0.4 is 15.5 Å². The smallest absolute Gasteiger partial charge is 0.170 e. The molecule has 0 amide bonds. The Morgan fingerprint density at radius 3 is 2.62 bits per heavy atom. The van der Waals surface area contributed by atoms with Crippen molar-refractivity contribution in [3.05, 3.63) is 54.2 Å². The summed E-state index contributed by atoms with van der Waals surface area (Å²) in [5.74, 6) is 1.89. The third kappa shape index (κ3) is 5.70. The Hall–Kier alpha value is -2.14. The number of rotatable bonds is 6. The van der Waals surface area contributed by atoms with Crippen LogP contribution >= 0.6 is 12.2 Å². The van der Waals surface area contributed by atoms with E-state index < -0.39 is 0 Å². The zero-order valence-electron chi connectivity index (χ0n) is 15.4. The molecule has 0 saturated carbocycles. The Balaban J connectivity index is 1.38. The van der Waals surface area contributed by atoms with Crippen molar-refractivity contribution >= 4 is 28.8 Å². The fourth-order valence-corrected chi connectivity index (χ4v) is 3.42. The fourth-order valence-electron chi connectivity index (χ4n) is 3.20. The minimum Gasteiger partial charge on any atom is -0.362 e. The summed E-state index contributed by atoms with van der Waals surface area (Å²) in [6.07, 6.45) is 6.47. The number of piperidine rings is 1. The molecule has 2 heterocycles. The highest BCUT2D eigenvalue weighted by Crippen LogP contribution is 2.22. The van der Waals surface area contributed by atoms with E-state index in [1.807, 2.05) is 12.3 Å². The summed E-state index contributed by atoms with van der Waals surface area (Å²) < 4.78 is 0. The molecule has 1 aliphatic heterocycles. The lowest BCUT2D eigenvalue weighted by Crippen LogP contribution is -2.33. The normalized spacial score (nSPS) is 14.9. The van der Waals surface area contributed by atoms with Crippen molar-refractivity contribution in [3.8, 4) is 0 Å². The second-order valence-electron chi connectivity index (χ2n) is 7.04. The summed E-state index contributed by atoms with van der Waals surface area (Å²) in [6, 6.07) is 14.7. The van der Waals surface area contributed by atoms with Gasteiger partial charge in [-0.25, -0.2) is 4.98 Å². The van der Waals surface area contributed by atoms with Crippen LogP contribution in [0.2, 0.25) is 0 Å². The maximum atomic E-state index is 5.38. The van der Waals surface area contributed by atoms with Crippen LogP contribution in [0.5, 0.6) is 0 Å². The van der Waals surface area contributed by atoms with Crippen molar-refractivity contribution < 1.29 is 0 Å². The summed E-state index contributed by atoms with van der Waals surface area (Å²) >= 11 is 5.38. The Morgan fingerprint density at radius 1 is 1.15 bits per heavy atom. The summed E-state index contributed by atoms with van der Waals surface area (Å²) in [5, 5.41) is 7.14. The number of hydrogen-bond acceptors (Lipinski definition) is 3. The Bertz CT molecular complexity index is 679. The number of aromatic nitrogens is 1. The van der Waals surface area contributed by atoms with Gasteiger partial charge in [0, 0.05) is 19.6 Å². The van der Waals surface area contributed by atoms with Gasteiger partial charge in [-0.2, -0.15) is 0 Å². The molecular formula is C21H28N4S. The third-order valence-electron chi connectivity index (χ3n) is 4.88. The van der Waals surface area contributed by atoms with Crippen molar-refractivity contribution in [2.75, 3.05) is 29.9 Å². The van der Waals surface area contributed by atoms with Gasteiger partial charge in [0.2, 0.25) is 0 Å². The summed E-state index contributed by atoms with van der Waals surface area (Å²) in [6.45, 7) is 5.38. The molecule has 0 unspecified atom stereocenters. The number of hydrogen-bond donors (Lipinski definition) is 2. The average Bonchev–Trinajstić information content (AvgIpc) is 2.67. The highest BCUT2D eigenvalue weighted by Gasteiger charge is 2.16. The zero-order valence-corrected chi connectivity index (χ0v) is 16.3. The molecule has 2 N–H and O–H groups in total. The molecule has 1 aromatic heterocycles. The SMILES string of the molecule is CC1CCN(c2ccc(NC(=S)NCCCc3ccccc3)cn2)CC1. The lowest BCUT2D eigenvalue weighted by Gasteiger charge is -2.31. The van der Waals surface area contributed by atoms with Gasteiger partial charge in [-0.1, -0.05) is 37.3 Å². The van der Waals surface area contributed by atoms with Gasteiger partial charge in [0.15, 0.2) is 5.11 Å². The molecular weight excluding hydrogens is 340 g/mol. The largest absolute Gasteiger partial charge is 0.362 e. The van der Waals surface area contributed by atoms with Crippen LogP contribution in [0.1, 0.15) is 31.7 Å². The number of pyridine rings is 1. The van der Waals surface area contributed by atoms with E-state index in [4.69, 9.17) is 12.2 Å². The Morgan fingerprint density at radius 2 is 1.92 bits per heavy atom. The lowest BCUT2D eigenvalue weighted by molar-refractivity contribution is 0.436. The molecule has 4 nitrogen and oxygen atoms in total. The lowest BCUT2D eigenvalue weighted by atomic mass is 9.99. The predicted molar refractivity (Wildman–Crippen MR) is 114 cm³/mol. The zero-order chi connectivity index (χ0) is 18.2. The molecule has 1 fully saturated rings. The summed E-state index contributed by atoms with van der Waals surface area (Å²) in [7, 11) is 0. The van der Waals surface area contributed by atoms with E-state index in [1.165, 1.54) is 18.4 Å². The van der Waals surface area contributed by atoms with Crippen molar-refractivity contribution in [3.63, 3.8) is 0 Å². The summed E-state index contributed by atoms with van der Waals surface area (Å²) in [4.78, 5) is 6.96. The number of anilines is 2. The predicted octanol–water partition coefficient (Wildman–Crippen LogP) is 4.24. The molecule has 2 aromatic rings. The van der Waals surface area contributed by atoms with Crippen LogP contribution in [0.25, 0.3) is 0 Å². The third-order valence-corrected chi connectivity index (χ3v) is 5.13. The topological polar surface area (TPSA) is 40.2 Å². The molecule has 5 heteroatoms. The van der Waals surface area contributed by atoms with Crippen LogP contribution in [0.15, 0.2) is 48.7 Å². The maximum Gasteiger partial charge on any atom is 0.170 e. The van der Waals surface area contributed by atoms with Crippen molar-refractivity contribution in [1.82, 2.24) is 10.3 Å². The molecule has 26 heavy (non-hydrogen) atoms. The first kappa shape index (κ1) is 18.6. The maximum absolute atomic E-state index is 5.38. The van der Waals surface area contributed by atoms with Gasteiger partial charge < -0.3 is 15.5 Å². The van der Waals surface area contributed by atoms with Crippen molar-refractivity contribution in [1.29, 1.82) is 0 Å². The number of nitrogens with one attached hydrogen (secondary N) is 2. The molecule has 1 aliphatic rings. The molecule has 0 atom stereocenters. The molecule has 0 radical (unpaired) electrons. The second kappa shape index (κ2) is 9.53. The van der Waals surface area contributed by atoms with Gasteiger partial charge in [0.1, 0.15) is 5.82 Å². The van der Waals surface area contributed by atoms with Crippen molar-refractivity contribution in [2.45, 2.75) is 32.6 Å². The molecule has 0 bridgehead atoms. The van der Waals surface area contributed by atoms with E-state index in [9.17, 15) is 0 Å². The first-order valence-electron chi connectivity index (χ1n) is 9.50. The van der Waals surface area contributed by atoms with E-state index >= 15 is 0 Å². The van der Waals surface area contributed by atoms with E-state index in [0.29, 0.717) is 5.11 Å². The molecule has 0 spiro atoms. The number of aryl methyl sites for hydroxylation is 1. The quantitative estimate of drug-likeness (QED) is 0.590. The number of benzene rings is 1. The van der Waals surface area contributed by atoms with Gasteiger partial charge in [-0.05, 0) is 61.5 Å². The van der Waals surface area contributed by atoms with E-state index in [2.05, 4.69) is 63.8 Å². The van der Waals surface area contributed by atoms with E-state index in [1.54, 1.807) is 0 Å². The van der Waals surface area contributed by atoms with Crippen LogP contribution in [-0.4, -0.2) is 29.7 Å². The number of nitrogens with zero attached hydrogens (tertiary/aromatic N) is 2. The van der Waals surface area contributed by atoms with E-state index in [-0.39, 0.29) is 0 Å². The van der Waals surface area contributed by atoms with E-state index in [0.717, 1.165) is 49.9 Å². The standard InChI is InChI=1S/C21H28N4S/c1-17-11-14-25(15-12-17)20-10-9-19(16-23-20)24-21(26)22-13-5-8-18-6-3-2-4-7-18/h2-4,6-7,9-10,16-17H,5,8,11-15H2,1H3,(H2,22,24,26). The molecule has 3 rings (SSSR count). The van der Waals surface area contributed by atoms with Crippen LogP contribution in [-0.2, 0) is 6.42 Å². The molecule has 138 valence electrons. The number of thiocarbonyl (C=S) groups is 1. The average molecular weight is 369 g/mol. The second-order valence-corrected chi connectivity index (χ2v) is 7.45. The fraction of sp³-hybridized carbons (Fsp3) is 0.429. The van der Waals surface area contributed by atoms with Gasteiger partial charge in [-0.15, -0.1) is 0 Å². The van der Waals surface area contributed by atoms with Gasteiger partial charge >= 0.3 is 0 Å². The van der Waals surface area contributed by atoms with Gasteiger partial charge in [-0.3, -0.25) is 0 Å². The van der Waals surface area contributed by atoms with Crippen LogP contribution in [0.4, 0.5) is 11.5 Å². The molecule has 1 saturated heterocycles. The highest BCUT2D eigenvalue weighted by molar-refractivity contribution is 7.80. The Labute approximate surface area is 162 Å². The van der Waals surface area contributed by atoms with Gasteiger partial charge in [0.25, 0.3) is 0 Å². The Kier molecular flexibility index (Phi) is 6.83. The highest BCUT2D eigenvalue weighted by atomic mass is 32.1. The monoisotopic (exact) mass is 368 g/mol. The first-order chi connectivity index (χ1) is 12.7. The van der Waals surface area contributed by atoms with Crippen LogP contribution in [0, 0.1) is 5.92 Å².